The first-order valence-corrected chi connectivity index (χ1v) is 11.0. The number of nitrogens with one attached hydrogen (secondary N) is 1. The predicted molar refractivity (Wildman–Crippen MR) is 112 cm³/mol. The molecule has 1 N–H and O–H groups in total. The summed E-state index contributed by atoms with van der Waals surface area (Å²) in [5.41, 5.74) is 1.79. The van der Waals surface area contributed by atoms with Gasteiger partial charge in [-0.25, -0.2) is 4.99 Å². The second kappa shape index (κ2) is 11.1. The third kappa shape index (κ3) is 6.42. The van der Waals surface area contributed by atoms with Crippen LogP contribution in [0.25, 0.3) is 0 Å². The van der Waals surface area contributed by atoms with E-state index in [9.17, 15) is 4.79 Å². The molecule has 7 nitrogen and oxygen atoms in total. The molecule has 0 aliphatic carbocycles. The third-order valence-corrected chi connectivity index (χ3v) is 5.81. The largest absolute Gasteiger partial charge is 0.497 e. The highest BCUT2D eigenvalue weighted by Crippen LogP contribution is 2.19. The van der Waals surface area contributed by atoms with Gasteiger partial charge < -0.3 is 23.7 Å². The number of ether oxygens (including phenoxy) is 3. The van der Waals surface area contributed by atoms with E-state index in [0.29, 0.717) is 6.61 Å². The molecule has 1 fully saturated rings. The highest BCUT2D eigenvalue weighted by molar-refractivity contribution is 7.07. The van der Waals surface area contributed by atoms with Gasteiger partial charge in [0, 0.05) is 30.1 Å². The molecule has 1 aliphatic rings. The van der Waals surface area contributed by atoms with Crippen LogP contribution in [0.5, 0.6) is 5.75 Å². The molecule has 1 aromatic heterocycles. The maximum absolute atomic E-state index is 12.0. The number of benzene rings is 1. The number of nitrogens with zero attached hydrogens (tertiary/aromatic N) is 2. The summed E-state index contributed by atoms with van der Waals surface area (Å²) in [6, 6.07) is 7.69. The third-order valence-electron chi connectivity index (χ3n) is 4.90. The summed E-state index contributed by atoms with van der Waals surface area (Å²) in [5, 5.41) is 2.01. The summed E-state index contributed by atoms with van der Waals surface area (Å²) in [6.07, 6.45) is 1.29. The summed E-state index contributed by atoms with van der Waals surface area (Å²) in [4.78, 5) is 19.3. The van der Waals surface area contributed by atoms with Gasteiger partial charge in [0.2, 0.25) is 0 Å². The SMILES string of the molecule is CCOC(=O)Cc1csc(=Nc2cccc(OC)c2)n1CCC[NH+]1CCOCC1. The van der Waals surface area contributed by atoms with E-state index in [1.54, 1.807) is 23.3 Å². The van der Waals surface area contributed by atoms with Crippen LogP contribution in [-0.4, -0.2) is 57.1 Å². The number of thiazole rings is 1. The van der Waals surface area contributed by atoms with Crippen molar-refractivity contribution in [3.63, 3.8) is 0 Å². The van der Waals surface area contributed by atoms with Gasteiger partial charge in [-0.1, -0.05) is 6.07 Å². The summed E-state index contributed by atoms with van der Waals surface area (Å²) < 4.78 is 18.0. The van der Waals surface area contributed by atoms with Crippen molar-refractivity contribution in [2.75, 3.05) is 46.6 Å². The molecule has 0 radical (unpaired) electrons. The molecule has 0 saturated carbocycles. The first-order chi connectivity index (χ1) is 14.2. The lowest BCUT2D eigenvalue weighted by atomic mass is 10.3. The number of methoxy groups -OCH3 is 1. The maximum Gasteiger partial charge on any atom is 0.311 e. The minimum absolute atomic E-state index is 0.203. The van der Waals surface area contributed by atoms with E-state index in [4.69, 9.17) is 19.2 Å². The maximum atomic E-state index is 12.0. The lowest BCUT2D eigenvalue weighted by molar-refractivity contribution is -0.908. The van der Waals surface area contributed by atoms with E-state index in [1.165, 1.54) is 0 Å². The van der Waals surface area contributed by atoms with E-state index in [2.05, 4.69) is 4.57 Å². The fraction of sp³-hybridized carbons (Fsp3) is 0.524. The van der Waals surface area contributed by atoms with Gasteiger partial charge >= 0.3 is 5.97 Å². The van der Waals surface area contributed by atoms with Gasteiger partial charge in [0.15, 0.2) is 4.80 Å². The second-order valence-corrected chi connectivity index (χ2v) is 7.76. The van der Waals surface area contributed by atoms with Crippen LogP contribution in [0, 0.1) is 0 Å². The van der Waals surface area contributed by atoms with Gasteiger partial charge in [-0.05, 0) is 19.1 Å². The van der Waals surface area contributed by atoms with Gasteiger partial charge in [-0.2, -0.15) is 0 Å². The summed E-state index contributed by atoms with van der Waals surface area (Å²) in [6.45, 7) is 7.93. The van der Waals surface area contributed by atoms with Crippen LogP contribution >= 0.6 is 11.3 Å². The van der Waals surface area contributed by atoms with Gasteiger partial charge in [-0.3, -0.25) is 4.79 Å². The Hall–Kier alpha value is -2.16. The van der Waals surface area contributed by atoms with E-state index >= 15 is 0 Å². The molecule has 0 amide bonds. The van der Waals surface area contributed by atoms with Crippen molar-refractivity contribution in [1.29, 1.82) is 0 Å². The molecule has 1 saturated heterocycles. The topological polar surface area (TPSA) is 66.5 Å². The average Bonchev–Trinajstić information content (AvgIpc) is 3.10. The van der Waals surface area contributed by atoms with Crippen LogP contribution in [0.1, 0.15) is 19.0 Å². The van der Waals surface area contributed by atoms with Crippen LogP contribution < -0.4 is 14.4 Å². The number of hydrogen-bond acceptors (Lipinski definition) is 6. The summed E-state index contributed by atoms with van der Waals surface area (Å²) in [7, 11) is 1.65. The molecule has 0 spiro atoms. The molecule has 1 aliphatic heterocycles. The number of morpholine rings is 1. The van der Waals surface area contributed by atoms with Crippen molar-refractivity contribution >= 4 is 23.0 Å². The standard InChI is InChI=1S/C21H29N3O4S/c1-3-28-20(25)15-18-16-29-21(22-17-6-4-7-19(14-17)26-2)24(18)9-5-8-23-10-12-27-13-11-23/h4,6-7,14,16H,3,5,8-13,15H2,1-2H3/p+1. The number of carbonyl (C=O) groups is 1. The molecule has 29 heavy (non-hydrogen) atoms. The fourth-order valence-corrected chi connectivity index (χ4v) is 4.33. The van der Waals surface area contributed by atoms with Crippen LogP contribution in [0.3, 0.4) is 0 Å². The van der Waals surface area contributed by atoms with Crippen molar-refractivity contribution in [2.45, 2.75) is 26.3 Å². The van der Waals surface area contributed by atoms with Crippen molar-refractivity contribution in [1.82, 2.24) is 4.57 Å². The number of carbonyl (C=O) groups excluding carboxylic acids is 1. The number of hydrogen-bond donors (Lipinski definition) is 1. The minimum atomic E-state index is -0.203. The first kappa shape index (κ1) is 21.5. The molecule has 158 valence electrons. The monoisotopic (exact) mass is 420 g/mol. The Labute approximate surface area is 175 Å². The molecule has 2 heterocycles. The minimum Gasteiger partial charge on any atom is -0.497 e. The van der Waals surface area contributed by atoms with Crippen molar-refractivity contribution < 1.29 is 23.9 Å². The van der Waals surface area contributed by atoms with Gasteiger partial charge in [-0.15, -0.1) is 11.3 Å². The van der Waals surface area contributed by atoms with Crippen molar-refractivity contribution in [3.05, 3.63) is 40.1 Å². The van der Waals surface area contributed by atoms with Crippen LogP contribution in [-0.2, 0) is 27.2 Å². The average molecular weight is 421 g/mol. The molecule has 2 aromatic rings. The molecule has 3 rings (SSSR count). The van der Waals surface area contributed by atoms with Crippen molar-refractivity contribution in [3.8, 4) is 5.75 Å². The smallest absolute Gasteiger partial charge is 0.311 e. The van der Waals surface area contributed by atoms with Gasteiger partial charge in [0.05, 0.1) is 45.6 Å². The Morgan fingerprint density at radius 3 is 2.93 bits per heavy atom. The zero-order valence-corrected chi connectivity index (χ0v) is 18.0. The fourth-order valence-electron chi connectivity index (χ4n) is 3.38. The van der Waals surface area contributed by atoms with Gasteiger partial charge in [0.1, 0.15) is 18.8 Å². The molecular formula is C21H30N3O4S+. The Morgan fingerprint density at radius 1 is 1.34 bits per heavy atom. The highest BCUT2D eigenvalue weighted by atomic mass is 32.1. The highest BCUT2D eigenvalue weighted by Gasteiger charge is 2.15. The van der Waals surface area contributed by atoms with Gasteiger partial charge in [0.25, 0.3) is 0 Å². The predicted octanol–water partition coefficient (Wildman–Crippen LogP) is 1.20. The van der Waals surface area contributed by atoms with Crippen LogP contribution in [0.4, 0.5) is 5.69 Å². The zero-order valence-electron chi connectivity index (χ0n) is 17.2. The number of esters is 1. The van der Waals surface area contributed by atoms with E-state index in [1.807, 2.05) is 36.6 Å². The molecule has 1 aromatic carbocycles. The zero-order chi connectivity index (χ0) is 20.5. The molecule has 0 bridgehead atoms. The summed E-state index contributed by atoms with van der Waals surface area (Å²) in [5.74, 6) is 0.572. The van der Waals surface area contributed by atoms with E-state index in [0.717, 1.165) is 67.7 Å². The lowest BCUT2D eigenvalue weighted by Gasteiger charge is -2.23. The van der Waals surface area contributed by atoms with Crippen LogP contribution in [0.2, 0.25) is 0 Å². The number of rotatable bonds is 9. The number of aromatic nitrogens is 1. The van der Waals surface area contributed by atoms with Crippen molar-refractivity contribution in [2.24, 2.45) is 4.99 Å². The Bertz CT molecular complexity index is 856. The second-order valence-electron chi connectivity index (χ2n) is 6.92. The van der Waals surface area contributed by atoms with E-state index in [-0.39, 0.29) is 12.4 Å². The Morgan fingerprint density at radius 2 is 2.17 bits per heavy atom. The molecule has 0 atom stereocenters. The molecular weight excluding hydrogens is 390 g/mol. The Kier molecular flexibility index (Phi) is 8.27. The normalized spacial score (nSPS) is 15.4. The summed E-state index contributed by atoms with van der Waals surface area (Å²) >= 11 is 1.55. The van der Waals surface area contributed by atoms with Crippen LogP contribution in [0.15, 0.2) is 34.6 Å². The lowest BCUT2D eigenvalue weighted by Crippen LogP contribution is -3.14. The van der Waals surface area contributed by atoms with E-state index < -0.39 is 0 Å². The molecule has 0 unspecified atom stereocenters. The molecule has 8 heteroatoms. The number of quaternary nitrogens is 1. The Balaban J connectivity index is 1.79. The first-order valence-electron chi connectivity index (χ1n) is 10.1. The quantitative estimate of drug-likeness (QED) is 0.619.